The number of nitrogens with one attached hydrogen (secondary N) is 1. The van der Waals surface area contributed by atoms with Gasteiger partial charge in [-0.2, -0.15) is 8.42 Å². The van der Waals surface area contributed by atoms with E-state index in [0.29, 0.717) is 6.42 Å². The predicted molar refractivity (Wildman–Crippen MR) is 104 cm³/mol. The average molecular weight is 391 g/mol. The van der Waals surface area contributed by atoms with E-state index in [1.54, 1.807) is 0 Å². The second-order valence-corrected chi connectivity index (χ2v) is 8.03. The second kappa shape index (κ2) is 10.1. The van der Waals surface area contributed by atoms with Crippen molar-refractivity contribution >= 4 is 16.2 Å². The maximum absolute atomic E-state index is 12.3. The highest BCUT2D eigenvalue weighted by Crippen LogP contribution is 2.25. The molecule has 0 fully saturated rings. The van der Waals surface area contributed by atoms with Gasteiger partial charge in [0.15, 0.2) is 0 Å². The first-order valence-corrected chi connectivity index (χ1v) is 10.5. The quantitative estimate of drug-likeness (QED) is 0.660. The molecule has 2 rings (SSSR count). The number of alkyl carbamates (subject to hydrolysis) is 1. The Morgan fingerprint density at radius 1 is 1.04 bits per heavy atom. The minimum atomic E-state index is -3.48. The van der Waals surface area contributed by atoms with Gasteiger partial charge in [-0.25, -0.2) is 4.79 Å². The smallest absolute Gasteiger partial charge is 0.407 e. The Bertz CT molecular complexity index is 809. The minimum Gasteiger partial charge on any atom is -0.445 e. The van der Waals surface area contributed by atoms with E-state index in [2.05, 4.69) is 5.32 Å². The number of hydrogen-bond donors (Lipinski definition) is 1. The highest BCUT2D eigenvalue weighted by Gasteiger charge is 2.22. The molecule has 1 N–H and O–H groups in total. The number of carbonyl (C=O) groups excluding carboxylic acids is 1. The van der Waals surface area contributed by atoms with Crippen LogP contribution in [-0.4, -0.2) is 27.4 Å². The molecule has 0 aromatic heterocycles. The van der Waals surface area contributed by atoms with Crippen molar-refractivity contribution in [2.75, 3.05) is 12.9 Å². The SMILES string of the molecule is CC(CCOS(C)(=O)=O)C(NC(=O)OCc1ccccc1)c1ccccc1. The van der Waals surface area contributed by atoms with Crippen LogP contribution in [0.25, 0.3) is 0 Å². The van der Waals surface area contributed by atoms with Gasteiger partial charge >= 0.3 is 6.09 Å². The predicted octanol–water partition coefficient (Wildman–Crippen LogP) is 3.66. The Labute approximate surface area is 160 Å². The maximum atomic E-state index is 12.3. The highest BCUT2D eigenvalue weighted by molar-refractivity contribution is 7.85. The lowest BCUT2D eigenvalue weighted by molar-refractivity contribution is 0.130. The summed E-state index contributed by atoms with van der Waals surface area (Å²) in [7, 11) is -3.48. The zero-order valence-electron chi connectivity index (χ0n) is 15.5. The number of rotatable bonds is 9. The normalized spacial score (nSPS) is 13.6. The Hall–Kier alpha value is -2.38. The van der Waals surface area contributed by atoms with Gasteiger partial charge in [-0.15, -0.1) is 0 Å². The summed E-state index contributed by atoms with van der Waals surface area (Å²) in [6.07, 6.45) is 0.959. The molecule has 0 radical (unpaired) electrons. The van der Waals surface area contributed by atoms with Crippen molar-refractivity contribution in [3.8, 4) is 0 Å². The van der Waals surface area contributed by atoms with Gasteiger partial charge in [0.2, 0.25) is 0 Å². The van der Waals surface area contributed by atoms with Gasteiger partial charge in [-0.1, -0.05) is 67.6 Å². The Balaban J connectivity index is 1.98. The van der Waals surface area contributed by atoms with Crippen LogP contribution in [0.2, 0.25) is 0 Å². The van der Waals surface area contributed by atoms with Crippen LogP contribution < -0.4 is 5.32 Å². The van der Waals surface area contributed by atoms with E-state index in [4.69, 9.17) is 8.92 Å². The summed E-state index contributed by atoms with van der Waals surface area (Å²) in [6.45, 7) is 2.17. The summed E-state index contributed by atoms with van der Waals surface area (Å²) < 4.78 is 32.4. The molecule has 0 heterocycles. The van der Waals surface area contributed by atoms with Gasteiger partial charge < -0.3 is 10.1 Å². The van der Waals surface area contributed by atoms with Crippen molar-refractivity contribution in [3.05, 3.63) is 71.8 Å². The van der Waals surface area contributed by atoms with Gasteiger partial charge in [-0.05, 0) is 23.5 Å². The molecule has 0 aliphatic carbocycles. The van der Waals surface area contributed by atoms with Crippen molar-refractivity contribution < 1.29 is 22.1 Å². The van der Waals surface area contributed by atoms with Gasteiger partial charge in [0.1, 0.15) is 6.61 Å². The molecule has 0 saturated carbocycles. The first kappa shape index (κ1) is 20.9. The zero-order valence-corrected chi connectivity index (χ0v) is 16.3. The maximum Gasteiger partial charge on any atom is 0.407 e. The van der Waals surface area contributed by atoms with Gasteiger partial charge in [-0.3, -0.25) is 4.18 Å². The summed E-state index contributed by atoms with van der Waals surface area (Å²) in [5, 5.41) is 2.88. The third-order valence-electron chi connectivity index (χ3n) is 4.08. The number of carbonyl (C=O) groups is 1. The van der Waals surface area contributed by atoms with Crippen LogP contribution in [0.3, 0.4) is 0 Å². The number of benzene rings is 2. The second-order valence-electron chi connectivity index (χ2n) is 6.39. The van der Waals surface area contributed by atoms with Crippen LogP contribution in [0.5, 0.6) is 0 Å². The molecule has 0 saturated heterocycles. The average Bonchev–Trinajstić information content (AvgIpc) is 2.65. The molecule has 0 bridgehead atoms. The van der Waals surface area contributed by atoms with E-state index in [1.807, 2.05) is 67.6 Å². The van der Waals surface area contributed by atoms with Crippen LogP contribution in [0.15, 0.2) is 60.7 Å². The zero-order chi connectivity index (χ0) is 19.7. The molecule has 2 aromatic carbocycles. The van der Waals surface area contributed by atoms with Crippen molar-refractivity contribution in [3.63, 3.8) is 0 Å². The first-order chi connectivity index (χ1) is 12.8. The number of ether oxygens (including phenoxy) is 1. The lowest BCUT2D eigenvalue weighted by Crippen LogP contribution is -2.33. The third kappa shape index (κ3) is 7.80. The van der Waals surface area contributed by atoms with Crippen LogP contribution in [0.1, 0.15) is 30.5 Å². The molecule has 0 aliphatic rings. The van der Waals surface area contributed by atoms with Crippen molar-refractivity contribution in [2.45, 2.75) is 26.0 Å². The molecular weight excluding hydrogens is 366 g/mol. The summed E-state index contributed by atoms with van der Waals surface area (Å²) in [5.41, 5.74) is 1.82. The highest BCUT2D eigenvalue weighted by atomic mass is 32.2. The van der Waals surface area contributed by atoms with Gasteiger partial charge in [0.25, 0.3) is 10.1 Å². The van der Waals surface area contributed by atoms with Gasteiger partial charge in [0, 0.05) is 0 Å². The molecule has 27 heavy (non-hydrogen) atoms. The fourth-order valence-corrected chi connectivity index (χ4v) is 3.06. The molecule has 2 unspecified atom stereocenters. The summed E-state index contributed by atoms with van der Waals surface area (Å²) in [5.74, 6) is -0.0570. The largest absolute Gasteiger partial charge is 0.445 e. The molecule has 6 nitrogen and oxygen atoms in total. The van der Waals surface area contributed by atoms with E-state index in [9.17, 15) is 13.2 Å². The van der Waals surface area contributed by atoms with E-state index in [0.717, 1.165) is 17.4 Å². The van der Waals surface area contributed by atoms with Gasteiger partial charge in [0.05, 0.1) is 18.9 Å². The van der Waals surface area contributed by atoms with E-state index in [-0.39, 0.29) is 25.2 Å². The lowest BCUT2D eigenvalue weighted by Gasteiger charge is -2.25. The van der Waals surface area contributed by atoms with Crippen molar-refractivity contribution in [1.82, 2.24) is 5.32 Å². The standard InChI is InChI=1S/C20H25NO5S/c1-16(13-14-26-27(2,23)24)19(18-11-7-4-8-12-18)21-20(22)25-15-17-9-5-3-6-10-17/h3-12,16,19H,13-15H2,1-2H3,(H,21,22). The number of hydrogen-bond acceptors (Lipinski definition) is 5. The minimum absolute atomic E-state index is 0.0570. The lowest BCUT2D eigenvalue weighted by atomic mass is 9.92. The summed E-state index contributed by atoms with van der Waals surface area (Å²) in [4.78, 5) is 12.3. The molecule has 0 spiro atoms. The van der Waals surface area contributed by atoms with Crippen LogP contribution in [-0.2, 0) is 25.6 Å². The number of amides is 1. The molecule has 7 heteroatoms. The topological polar surface area (TPSA) is 81.7 Å². The van der Waals surface area contributed by atoms with Crippen molar-refractivity contribution in [2.24, 2.45) is 5.92 Å². The van der Waals surface area contributed by atoms with Crippen LogP contribution in [0.4, 0.5) is 4.79 Å². The molecule has 0 aliphatic heterocycles. The summed E-state index contributed by atoms with van der Waals surface area (Å²) >= 11 is 0. The Kier molecular flexibility index (Phi) is 7.82. The van der Waals surface area contributed by atoms with Crippen LogP contribution >= 0.6 is 0 Å². The van der Waals surface area contributed by atoms with Crippen molar-refractivity contribution in [1.29, 1.82) is 0 Å². The fraction of sp³-hybridized carbons (Fsp3) is 0.350. The molecule has 2 aromatic rings. The molecular formula is C20H25NO5S. The van der Waals surface area contributed by atoms with Crippen LogP contribution in [0, 0.1) is 5.92 Å². The third-order valence-corrected chi connectivity index (χ3v) is 4.68. The summed E-state index contributed by atoms with van der Waals surface area (Å²) in [6, 6.07) is 18.6. The fourth-order valence-electron chi connectivity index (χ4n) is 2.66. The van der Waals surface area contributed by atoms with E-state index < -0.39 is 16.2 Å². The molecule has 146 valence electrons. The van der Waals surface area contributed by atoms with E-state index >= 15 is 0 Å². The van der Waals surface area contributed by atoms with E-state index in [1.165, 1.54) is 0 Å². The Morgan fingerprint density at radius 3 is 2.22 bits per heavy atom. The molecule has 2 atom stereocenters. The molecule has 1 amide bonds. The monoisotopic (exact) mass is 391 g/mol. The Morgan fingerprint density at radius 2 is 1.63 bits per heavy atom. The first-order valence-electron chi connectivity index (χ1n) is 8.72.